The van der Waals surface area contributed by atoms with Gasteiger partial charge < -0.3 is 5.32 Å². The van der Waals surface area contributed by atoms with E-state index in [9.17, 15) is 14.0 Å². The van der Waals surface area contributed by atoms with Crippen molar-refractivity contribution < 1.29 is 14.0 Å². The van der Waals surface area contributed by atoms with Gasteiger partial charge in [-0.2, -0.15) is 9.78 Å². The lowest BCUT2D eigenvalue weighted by atomic mass is 10.1. The Labute approximate surface area is 154 Å². The molecule has 0 atom stereocenters. The molecule has 0 saturated heterocycles. The number of nitrogens with one attached hydrogen (secondary N) is 1. The summed E-state index contributed by atoms with van der Waals surface area (Å²) in [4.78, 5) is 29.4. The average Bonchev–Trinajstić information content (AvgIpc) is 3.00. The molecule has 1 N–H and O–H groups in total. The molecule has 1 amide bonds. The molecule has 0 aliphatic carbocycles. The number of para-hydroxylation sites is 1. The van der Waals surface area contributed by atoms with Gasteiger partial charge in [0, 0.05) is 11.3 Å². The Bertz CT molecular complexity index is 1070. The van der Waals surface area contributed by atoms with Crippen molar-refractivity contribution in [3.05, 3.63) is 66.1 Å². The van der Waals surface area contributed by atoms with Crippen LogP contribution in [0.2, 0.25) is 0 Å². The Kier molecular flexibility index (Phi) is 4.12. The second-order valence-electron chi connectivity index (χ2n) is 6.15. The summed E-state index contributed by atoms with van der Waals surface area (Å²) in [6.45, 7) is 1.75. The minimum absolute atomic E-state index is 0.111. The van der Waals surface area contributed by atoms with E-state index >= 15 is 0 Å². The molecule has 1 aliphatic rings. The molecule has 0 bridgehead atoms. The Morgan fingerprint density at radius 3 is 2.52 bits per heavy atom. The summed E-state index contributed by atoms with van der Waals surface area (Å²) in [5.74, 6) is -0.854. The zero-order valence-electron chi connectivity index (χ0n) is 14.4. The summed E-state index contributed by atoms with van der Waals surface area (Å²) in [7, 11) is 0. The van der Waals surface area contributed by atoms with Crippen LogP contribution in [0.5, 0.6) is 0 Å². The summed E-state index contributed by atoms with van der Waals surface area (Å²) in [6, 6.07) is 14.8. The molecule has 0 saturated carbocycles. The van der Waals surface area contributed by atoms with Crippen LogP contribution >= 0.6 is 0 Å². The van der Waals surface area contributed by atoms with Crippen LogP contribution in [0.15, 0.2) is 59.6 Å². The highest BCUT2D eigenvalue weighted by Gasteiger charge is 2.29. The van der Waals surface area contributed by atoms with Gasteiger partial charge in [-0.1, -0.05) is 30.3 Å². The molecular formula is C20H15FN4O2. The first-order valence-corrected chi connectivity index (χ1v) is 8.35. The molecule has 0 fully saturated rings. The number of anilines is 1. The van der Waals surface area contributed by atoms with Crippen LogP contribution in [0, 0.1) is 12.7 Å². The minimum Gasteiger partial charge on any atom is -0.321 e. The lowest BCUT2D eigenvalue weighted by molar-refractivity contribution is -0.110. The molecule has 0 unspecified atom stereocenters. The predicted octanol–water partition coefficient (Wildman–Crippen LogP) is 3.75. The zero-order valence-corrected chi connectivity index (χ0v) is 14.4. The van der Waals surface area contributed by atoms with Crippen molar-refractivity contribution in [1.29, 1.82) is 0 Å². The van der Waals surface area contributed by atoms with E-state index in [0.717, 1.165) is 0 Å². The number of fused-ring (bicyclic) bond motifs is 1. The maximum absolute atomic E-state index is 13.2. The molecule has 0 radical (unpaired) electrons. The van der Waals surface area contributed by atoms with Gasteiger partial charge in [0.25, 0.3) is 11.8 Å². The van der Waals surface area contributed by atoms with E-state index in [1.54, 1.807) is 43.3 Å². The topological polar surface area (TPSA) is 76.3 Å². The van der Waals surface area contributed by atoms with Gasteiger partial charge in [-0.3, -0.25) is 9.59 Å². The normalized spacial score (nSPS) is 13.1. The molecule has 1 aromatic heterocycles. The van der Waals surface area contributed by atoms with E-state index in [-0.39, 0.29) is 29.7 Å². The monoisotopic (exact) mass is 362 g/mol. The maximum Gasteiger partial charge on any atom is 0.270 e. The molecule has 27 heavy (non-hydrogen) atoms. The van der Waals surface area contributed by atoms with Crippen LogP contribution < -0.4 is 5.32 Å². The summed E-state index contributed by atoms with van der Waals surface area (Å²) >= 11 is 0. The van der Waals surface area contributed by atoms with Crippen molar-refractivity contribution >= 4 is 29.0 Å². The highest BCUT2D eigenvalue weighted by molar-refractivity contribution is 6.46. The fraction of sp³-hybridized carbons (Fsp3) is 0.100. The van der Waals surface area contributed by atoms with Crippen LogP contribution in [0.4, 0.5) is 15.9 Å². The van der Waals surface area contributed by atoms with Crippen LogP contribution in [0.3, 0.4) is 0 Å². The number of rotatable bonds is 3. The van der Waals surface area contributed by atoms with Crippen molar-refractivity contribution in [1.82, 2.24) is 9.78 Å². The van der Waals surface area contributed by atoms with E-state index in [0.29, 0.717) is 22.5 Å². The molecule has 1 aliphatic heterocycles. The number of halogens is 1. The second kappa shape index (κ2) is 6.60. The Morgan fingerprint density at radius 2 is 1.81 bits per heavy atom. The molecular weight excluding hydrogens is 347 g/mol. The maximum atomic E-state index is 13.2. The van der Waals surface area contributed by atoms with E-state index in [1.165, 1.54) is 16.8 Å². The van der Waals surface area contributed by atoms with Gasteiger partial charge in [-0.25, -0.2) is 9.38 Å². The first-order chi connectivity index (χ1) is 13.0. The number of hydrogen-bond acceptors (Lipinski definition) is 4. The SMILES string of the molecule is Cc1nn2c(c1-c1ccc(F)cc1)N=C(C(=O)Nc1ccccc1)CC2=O. The molecule has 0 spiro atoms. The summed E-state index contributed by atoms with van der Waals surface area (Å²) in [5.41, 5.74) is 2.59. The standard InChI is InChI=1S/C20H15FN4O2/c1-12-18(13-7-9-14(21)10-8-13)19-23-16(11-17(26)25(19)24-12)20(27)22-15-5-3-2-4-6-15/h2-10H,11H2,1H3,(H,22,27). The Hall–Kier alpha value is -3.61. The van der Waals surface area contributed by atoms with Gasteiger partial charge >= 0.3 is 0 Å². The fourth-order valence-electron chi connectivity index (χ4n) is 2.99. The lowest BCUT2D eigenvalue weighted by Crippen LogP contribution is -2.30. The number of carbonyl (C=O) groups excluding carboxylic acids is 2. The number of aliphatic imine (C=N–C) groups is 1. The first-order valence-electron chi connectivity index (χ1n) is 8.35. The van der Waals surface area contributed by atoms with Crippen LogP contribution in [-0.4, -0.2) is 27.3 Å². The molecule has 3 aromatic rings. The van der Waals surface area contributed by atoms with Crippen LogP contribution in [0.1, 0.15) is 16.9 Å². The molecule has 2 aromatic carbocycles. The van der Waals surface area contributed by atoms with Crippen molar-refractivity contribution in [2.45, 2.75) is 13.3 Å². The third-order valence-electron chi connectivity index (χ3n) is 4.26. The van der Waals surface area contributed by atoms with Gasteiger partial charge in [0.05, 0.1) is 12.1 Å². The van der Waals surface area contributed by atoms with Crippen molar-refractivity contribution in [3.63, 3.8) is 0 Å². The number of nitrogens with zero attached hydrogens (tertiary/aromatic N) is 3. The summed E-state index contributed by atoms with van der Waals surface area (Å²) in [6.07, 6.45) is -0.143. The Morgan fingerprint density at radius 1 is 1.11 bits per heavy atom. The molecule has 7 heteroatoms. The smallest absolute Gasteiger partial charge is 0.270 e. The van der Waals surface area contributed by atoms with Gasteiger partial charge in [-0.15, -0.1) is 0 Å². The van der Waals surface area contributed by atoms with Crippen LogP contribution in [0.25, 0.3) is 11.1 Å². The molecule has 134 valence electrons. The first kappa shape index (κ1) is 16.8. The van der Waals surface area contributed by atoms with Crippen molar-refractivity contribution in [3.8, 4) is 11.1 Å². The minimum atomic E-state index is -0.440. The third-order valence-corrected chi connectivity index (χ3v) is 4.26. The van der Waals surface area contributed by atoms with E-state index in [2.05, 4.69) is 15.4 Å². The molecule has 4 rings (SSSR count). The van der Waals surface area contributed by atoms with Gasteiger partial charge in [0.2, 0.25) is 0 Å². The fourth-order valence-corrected chi connectivity index (χ4v) is 2.99. The van der Waals surface area contributed by atoms with E-state index < -0.39 is 5.91 Å². The predicted molar refractivity (Wildman–Crippen MR) is 99.8 cm³/mol. The van der Waals surface area contributed by atoms with Crippen molar-refractivity contribution in [2.75, 3.05) is 5.32 Å². The van der Waals surface area contributed by atoms with Gasteiger partial charge in [0.1, 0.15) is 11.5 Å². The highest BCUT2D eigenvalue weighted by Crippen LogP contribution is 2.35. The number of amides is 1. The summed E-state index contributed by atoms with van der Waals surface area (Å²) < 4.78 is 14.5. The number of hydrogen-bond donors (Lipinski definition) is 1. The quantitative estimate of drug-likeness (QED) is 0.771. The van der Waals surface area contributed by atoms with E-state index in [1.807, 2.05) is 6.07 Å². The van der Waals surface area contributed by atoms with Gasteiger partial charge in [0.15, 0.2) is 5.82 Å². The van der Waals surface area contributed by atoms with E-state index in [4.69, 9.17) is 0 Å². The van der Waals surface area contributed by atoms with Gasteiger partial charge in [-0.05, 0) is 36.8 Å². The average molecular weight is 362 g/mol. The largest absolute Gasteiger partial charge is 0.321 e. The number of aromatic nitrogens is 2. The lowest BCUT2D eigenvalue weighted by Gasteiger charge is -2.14. The third kappa shape index (κ3) is 3.15. The van der Waals surface area contributed by atoms with Crippen molar-refractivity contribution in [2.24, 2.45) is 4.99 Å². The van der Waals surface area contributed by atoms with Crippen LogP contribution in [-0.2, 0) is 4.79 Å². The second-order valence-corrected chi connectivity index (χ2v) is 6.15. The number of benzene rings is 2. The number of carbonyl (C=O) groups is 2. The summed E-state index contributed by atoms with van der Waals surface area (Å²) in [5, 5.41) is 6.98. The Balaban J connectivity index is 1.74. The molecule has 2 heterocycles. The molecule has 6 nitrogen and oxygen atoms in total. The highest BCUT2D eigenvalue weighted by atomic mass is 19.1. The zero-order chi connectivity index (χ0) is 19.0. The number of aryl methyl sites for hydroxylation is 1.